The summed E-state index contributed by atoms with van der Waals surface area (Å²) < 4.78 is 15.5. The first-order valence-electron chi connectivity index (χ1n) is 4.79. The molecule has 0 fully saturated rings. The lowest BCUT2D eigenvalue weighted by molar-refractivity contribution is 0.125. The molecule has 0 aromatic heterocycles. The van der Waals surface area contributed by atoms with Crippen molar-refractivity contribution in [1.82, 2.24) is 0 Å². The van der Waals surface area contributed by atoms with Crippen LogP contribution in [0.25, 0.3) is 0 Å². The SMILES string of the molecule is COc1cc(OC)cc(OCC(O)CCl)c1. The zero-order valence-corrected chi connectivity index (χ0v) is 10.0. The first-order chi connectivity index (χ1) is 7.69. The molecule has 5 heteroatoms. The second kappa shape index (κ2) is 6.45. The van der Waals surface area contributed by atoms with Crippen LogP contribution in [0.4, 0.5) is 0 Å². The summed E-state index contributed by atoms with van der Waals surface area (Å²) in [6.07, 6.45) is -0.682. The van der Waals surface area contributed by atoms with E-state index in [1.807, 2.05) is 0 Å². The maximum absolute atomic E-state index is 9.25. The maximum atomic E-state index is 9.25. The second-order valence-electron chi connectivity index (χ2n) is 3.17. The third-order valence-electron chi connectivity index (χ3n) is 1.95. The molecule has 0 aliphatic carbocycles. The Kier molecular flexibility index (Phi) is 5.22. The molecule has 0 aliphatic rings. The summed E-state index contributed by atoms with van der Waals surface area (Å²) in [6.45, 7) is 0.139. The van der Waals surface area contributed by atoms with E-state index in [9.17, 15) is 5.11 Å². The second-order valence-corrected chi connectivity index (χ2v) is 3.48. The van der Waals surface area contributed by atoms with Crippen molar-refractivity contribution in [3.63, 3.8) is 0 Å². The summed E-state index contributed by atoms with van der Waals surface area (Å²) in [5.74, 6) is 1.98. The Balaban J connectivity index is 2.71. The van der Waals surface area contributed by atoms with Gasteiger partial charge in [0.2, 0.25) is 0 Å². The minimum Gasteiger partial charge on any atom is -0.496 e. The molecule has 1 atom stereocenters. The highest BCUT2D eigenvalue weighted by Crippen LogP contribution is 2.27. The molecule has 0 bridgehead atoms. The average Bonchev–Trinajstić information content (AvgIpc) is 2.35. The topological polar surface area (TPSA) is 47.9 Å². The van der Waals surface area contributed by atoms with Crippen LogP contribution >= 0.6 is 11.6 Å². The largest absolute Gasteiger partial charge is 0.496 e. The van der Waals surface area contributed by atoms with Gasteiger partial charge in [-0.3, -0.25) is 0 Å². The lowest BCUT2D eigenvalue weighted by Crippen LogP contribution is -2.18. The van der Waals surface area contributed by atoms with Gasteiger partial charge in [0.1, 0.15) is 30.0 Å². The lowest BCUT2D eigenvalue weighted by atomic mass is 10.3. The summed E-state index contributed by atoms with van der Waals surface area (Å²) >= 11 is 5.46. The highest BCUT2D eigenvalue weighted by atomic mass is 35.5. The predicted molar refractivity (Wildman–Crippen MR) is 61.8 cm³/mol. The molecule has 1 unspecified atom stereocenters. The third kappa shape index (κ3) is 3.79. The molecule has 4 nitrogen and oxygen atoms in total. The van der Waals surface area contributed by atoms with Gasteiger partial charge in [-0.15, -0.1) is 11.6 Å². The molecule has 0 amide bonds. The van der Waals surface area contributed by atoms with Gasteiger partial charge in [0.15, 0.2) is 0 Å². The van der Waals surface area contributed by atoms with E-state index >= 15 is 0 Å². The van der Waals surface area contributed by atoms with Crippen LogP contribution in [0.3, 0.4) is 0 Å². The standard InChI is InChI=1S/C11H15ClO4/c1-14-9-3-10(15-2)5-11(4-9)16-7-8(13)6-12/h3-5,8,13H,6-7H2,1-2H3. The van der Waals surface area contributed by atoms with Gasteiger partial charge in [0, 0.05) is 18.2 Å². The van der Waals surface area contributed by atoms with Crippen LogP contribution in [-0.2, 0) is 0 Å². The van der Waals surface area contributed by atoms with Crippen LogP contribution in [0.1, 0.15) is 0 Å². The lowest BCUT2D eigenvalue weighted by Gasteiger charge is -2.12. The zero-order valence-electron chi connectivity index (χ0n) is 9.27. The third-order valence-corrected chi connectivity index (χ3v) is 2.30. The molecule has 0 saturated heterocycles. The molecule has 0 spiro atoms. The summed E-state index contributed by atoms with van der Waals surface area (Å²) in [5.41, 5.74) is 0. The van der Waals surface area contributed by atoms with Gasteiger partial charge in [-0.25, -0.2) is 0 Å². The van der Waals surface area contributed by atoms with E-state index in [1.165, 1.54) is 0 Å². The van der Waals surface area contributed by atoms with Crippen LogP contribution < -0.4 is 14.2 Å². The van der Waals surface area contributed by atoms with Gasteiger partial charge in [0.25, 0.3) is 0 Å². The number of halogens is 1. The number of hydrogen-bond acceptors (Lipinski definition) is 4. The van der Waals surface area contributed by atoms with Crippen molar-refractivity contribution in [1.29, 1.82) is 0 Å². The Bertz CT molecular complexity index is 308. The summed E-state index contributed by atoms with van der Waals surface area (Å²) in [4.78, 5) is 0. The number of aliphatic hydroxyl groups excluding tert-OH is 1. The number of methoxy groups -OCH3 is 2. The van der Waals surface area contributed by atoms with Crippen molar-refractivity contribution in [2.75, 3.05) is 26.7 Å². The van der Waals surface area contributed by atoms with Crippen LogP contribution in [0.15, 0.2) is 18.2 Å². The summed E-state index contributed by atoms with van der Waals surface area (Å²) in [7, 11) is 3.12. The van der Waals surface area contributed by atoms with E-state index < -0.39 is 6.10 Å². The normalized spacial score (nSPS) is 12.0. The zero-order chi connectivity index (χ0) is 12.0. The fourth-order valence-electron chi connectivity index (χ4n) is 1.10. The quantitative estimate of drug-likeness (QED) is 0.776. The molecule has 0 heterocycles. The molecule has 1 aromatic rings. The Morgan fingerprint density at radius 1 is 1.12 bits per heavy atom. The fraction of sp³-hybridized carbons (Fsp3) is 0.455. The Morgan fingerprint density at radius 3 is 2.06 bits per heavy atom. The summed E-state index contributed by atoms with van der Waals surface area (Å²) in [6, 6.07) is 5.16. The Labute approximate surface area is 99.7 Å². The van der Waals surface area contributed by atoms with Crippen LogP contribution in [0.5, 0.6) is 17.2 Å². The molecule has 0 radical (unpaired) electrons. The number of alkyl halides is 1. The van der Waals surface area contributed by atoms with Crippen LogP contribution in [0.2, 0.25) is 0 Å². The van der Waals surface area contributed by atoms with Crippen LogP contribution in [-0.4, -0.2) is 37.9 Å². The average molecular weight is 247 g/mol. The number of aliphatic hydroxyl groups is 1. The van der Waals surface area contributed by atoms with E-state index in [0.717, 1.165) is 0 Å². The highest BCUT2D eigenvalue weighted by Gasteiger charge is 2.06. The molecule has 1 rings (SSSR count). The minimum absolute atomic E-state index is 0.139. The molecule has 0 saturated carbocycles. The molecular weight excluding hydrogens is 232 g/mol. The highest BCUT2D eigenvalue weighted by molar-refractivity contribution is 6.18. The van der Waals surface area contributed by atoms with E-state index in [2.05, 4.69) is 0 Å². The smallest absolute Gasteiger partial charge is 0.126 e. The van der Waals surface area contributed by atoms with Gasteiger partial charge in [-0.1, -0.05) is 0 Å². The van der Waals surface area contributed by atoms with Crippen molar-refractivity contribution in [2.45, 2.75) is 6.10 Å². The van der Waals surface area contributed by atoms with E-state index in [1.54, 1.807) is 32.4 Å². The minimum atomic E-state index is -0.682. The monoisotopic (exact) mass is 246 g/mol. The molecular formula is C11H15ClO4. The van der Waals surface area contributed by atoms with E-state index in [-0.39, 0.29) is 12.5 Å². The van der Waals surface area contributed by atoms with Crippen molar-refractivity contribution < 1.29 is 19.3 Å². The summed E-state index contributed by atoms with van der Waals surface area (Å²) in [5, 5.41) is 9.25. The van der Waals surface area contributed by atoms with E-state index in [0.29, 0.717) is 17.2 Å². The maximum Gasteiger partial charge on any atom is 0.126 e. The first-order valence-corrected chi connectivity index (χ1v) is 5.33. The van der Waals surface area contributed by atoms with Gasteiger partial charge < -0.3 is 19.3 Å². The fourth-order valence-corrected chi connectivity index (χ4v) is 1.19. The van der Waals surface area contributed by atoms with Gasteiger partial charge in [-0.2, -0.15) is 0 Å². The molecule has 0 aliphatic heterocycles. The van der Waals surface area contributed by atoms with Crippen molar-refractivity contribution in [3.8, 4) is 17.2 Å². The van der Waals surface area contributed by atoms with E-state index in [4.69, 9.17) is 25.8 Å². The Morgan fingerprint density at radius 2 is 1.62 bits per heavy atom. The van der Waals surface area contributed by atoms with Gasteiger partial charge in [0.05, 0.1) is 20.1 Å². The molecule has 1 N–H and O–H groups in total. The first kappa shape index (κ1) is 12.9. The number of rotatable bonds is 6. The van der Waals surface area contributed by atoms with Crippen LogP contribution in [0, 0.1) is 0 Å². The molecule has 1 aromatic carbocycles. The molecule has 16 heavy (non-hydrogen) atoms. The number of benzene rings is 1. The van der Waals surface area contributed by atoms with Gasteiger partial charge >= 0.3 is 0 Å². The number of hydrogen-bond donors (Lipinski definition) is 1. The predicted octanol–water partition coefficient (Wildman–Crippen LogP) is 1.68. The Hall–Kier alpha value is -1.13. The van der Waals surface area contributed by atoms with Gasteiger partial charge in [-0.05, 0) is 0 Å². The van der Waals surface area contributed by atoms with Crippen molar-refractivity contribution in [3.05, 3.63) is 18.2 Å². The molecule has 90 valence electrons. The van der Waals surface area contributed by atoms with Crippen molar-refractivity contribution >= 4 is 11.6 Å². The number of ether oxygens (including phenoxy) is 3. The van der Waals surface area contributed by atoms with Crippen molar-refractivity contribution in [2.24, 2.45) is 0 Å².